The zero-order valence-corrected chi connectivity index (χ0v) is 11.8. The van der Waals surface area contributed by atoms with Crippen LogP contribution in [-0.4, -0.2) is 10.1 Å². The summed E-state index contributed by atoms with van der Waals surface area (Å²) in [7, 11) is 0. The second kappa shape index (κ2) is 5.49. The fourth-order valence-corrected chi connectivity index (χ4v) is 1.89. The zero-order chi connectivity index (χ0) is 13.1. The minimum atomic E-state index is -0.0995. The van der Waals surface area contributed by atoms with Gasteiger partial charge in [-0.15, -0.1) is 0 Å². The van der Waals surface area contributed by atoms with Gasteiger partial charge in [-0.2, -0.15) is 4.98 Å². The lowest BCUT2D eigenvalue weighted by Gasteiger charge is -2.13. The Morgan fingerprint density at radius 2 is 2.28 bits per heavy atom. The Morgan fingerprint density at radius 1 is 1.50 bits per heavy atom. The van der Waals surface area contributed by atoms with Crippen LogP contribution in [0.4, 0.5) is 0 Å². The predicted octanol–water partition coefficient (Wildman–Crippen LogP) is 2.74. The molecule has 1 heterocycles. The van der Waals surface area contributed by atoms with Gasteiger partial charge in [0.2, 0.25) is 0 Å². The molecule has 18 heavy (non-hydrogen) atoms. The van der Waals surface area contributed by atoms with Crippen LogP contribution < -0.4 is 10.5 Å². The van der Waals surface area contributed by atoms with E-state index in [2.05, 4.69) is 26.1 Å². The van der Waals surface area contributed by atoms with Gasteiger partial charge in [0, 0.05) is 16.1 Å². The summed E-state index contributed by atoms with van der Waals surface area (Å²) in [4.78, 5) is 4.08. The number of hydrogen-bond acceptors (Lipinski definition) is 5. The van der Waals surface area contributed by atoms with Crippen LogP contribution in [0.15, 0.2) is 27.2 Å². The van der Waals surface area contributed by atoms with E-state index in [1.807, 2.05) is 25.1 Å². The van der Waals surface area contributed by atoms with Crippen molar-refractivity contribution in [2.45, 2.75) is 26.5 Å². The highest BCUT2D eigenvalue weighted by atomic mass is 79.9. The van der Waals surface area contributed by atoms with E-state index in [1.165, 1.54) is 0 Å². The maximum Gasteiger partial charge on any atom is 0.264 e. The van der Waals surface area contributed by atoms with Crippen molar-refractivity contribution in [2.75, 3.05) is 0 Å². The van der Waals surface area contributed by atoms with E-state index < -0.39 is 0 Å². The van der Waals surface area contributed by atoms with Crippen LogP contribution in [0.1, 0.15) is 30.2 Å². The fourth-order valence-electron chi connectivity index (χ4n) is 1.55. The number of aromatic nitrogens is 2. The van der Waals surface area contributed by atoms with E-state index in [1.54, 1.807) is 6.92 Å². The van der Waals surface area contributed by atoms with Crippen LogP contribution in [0.25, 0.3) is 0 Å². The molecule has 0 saturated heterocycles. The Kier molecular flexibility index (Phi) is 3.98. The molecule has 0 fully saturated rings. The van der Waals surface area contributed by atoms with Crippen LogP contribution in [0.2, 0.25) is 0 Å². The van der Waals surface area contributed by atoms with Gasteiger partial charge in [-0.3, -0.25) is 0 Å². The Labute approximate surface area is 113 Å². The van der Waals surface area contributed by atoms with E-state index in [0.29, 0.717) is 11.7 Å². The molecular weight excluding hydrogens is 298 g/mol. The standard InChI is InChI=1S/C12H14BrN3O2/c1-7(14)10-4-3-9(13)5-11(10)17-6-12-15-8(2)16-18-12/h3-5,7H,6,14H2,1-2H3/t7-/m1/s1. The summed E-state index contributed by atoms with van der Waals surface area (Å²) in [6.07, 6.45) is 0. The molecule has 5 nitrogen and oxygen atoms in total. The SMILES string of the molecule is Cc1noc(COc2cc(Br)ccc2[C@@H](C)N)n1. The molecule has 0 spiro atoms. The third-order valence-corrected chi connectivity index (χ3v) is 2.88. The van der Waals surface area contributed by atoms with Crippen molar-refractivity contribution in [3.63, 3.8) is 0 Å². The van der Waals surface area contributed by atoms with Crippen molar-refractivity contribution in [2.24, 2.45) is 5.73 Å². The monoisotopic (exact) mass is 311 g/mol. The van der Waals surface area contributed by atoms with Crippen molar-refractivity contribution in [3.05, 3.63) is 40.0 Å². The molecule has 0 aliphatic rings. The topological polar surface area (TPSA) is 74.2 Å². The number of rotatable bonds is 4. The molecule has 0 unspecified atom stereocenters. The summed E-state index contributed by atoms with van der Waals surface area (Å²) >= 11 is 3.40. The number of hydrogen-bond donors (Lipinski definition) is 1. The van der Waals surface area contributed by atoms with Gasteiger partial charge in [0.1, 0.15) is 5.75 Å². The molecule has 0 radical (unpaired) electrons. The Bertz CT molecular complexity index is 540. The summed E-state index contributed by atoms with van der Waals surface area (Å²) < 4.78 is 11.6. The lowest BCUT2D eigenvalue weighted by atomic mass is 10.1. The normalized spacial score (nSPS) is 12.4. The molecular formula is C12H14BrN3O2. The molecule has 0 amide bonds. The van der Waals surface area contributed by atoms with Crippen LogP contribution in [0.3, 0.4) is 0 Å². The number of benzene rings is 1. The second-order valence-electron chi connectivity index (χ2n) is 3.99. The molecule has 2 aromatic rings. The molecule has 96 valence electrons. The third-order valence-electron chi connectivity index (χ3n) is 2.39. The molecule has 2 N–H and O–H groups in total. The first kappa shape index (κ1) is 13.0. The van der Waals surface area contributed by atoms with E-state index in [9.17, 15) is 0 Å². The summed E-state index contributed by atoms with van der Waals surface area (Å²) in [6.45, 7) is 3.91. The molecule has 1 atom stereocenters. The van der Waals surface area contributed by atoms with Crippen molar-refractivity contribution in [1.29, 1.82) is 0 Å². The molecule has 1 aromatic carbocycles. The van der Waals surface area contributed by atoms with Crippen molar-refractivity contribution < 1.29 is 9.26 Å². The summed E-state index contributed by atoms with van der Waals surface area (Å²) in [5.74, 6) is 1.76. The number of halogens is 1. The third kappa shape index (κ3) is 3.08. The highest BCUT2D eigenvalue weighted by Crippen LogP contribution is 2.28. The number of aryl methyl sites for hydroxylation is 1. The summed E-state index contributed by atoms with van der Waals surface area (Å²) in [5.41, 5.74) is 6.83. The average molecular weight is 312 g/mol. The largest absolute Gasteiger partial charge is 0.483 e. The van der Waals surface area contributed by atoms with E-state index in [4.69, 9.17) is 15.0 Å². The number of nitrogens with two attached hydrogens (primary N) is 1. The lowest BCUT2D eigenvalue weighted by molar-refractivity contribution is 0.240. The maximum absolute atomic E-state index is 5.89. The number of ether oxygens (including phenoxy) is 1. The van der Waals surface area contributed by atoms with Crippen molar-refractivity contribution >= 4 is 15.9 Å². The minimum Gasteiger partial charge on any atom is -0.483 e. The molecule has 6 heteroatoms. The highest BCUT2D eigenvalue weighted by molar-refractivity contribution is 9.10. The van der Waals surface area contributed by atoms with E-state index in [-0.39, 0.29) is 12.6 Å². The van der Waals surface area contributed by atoms with Gasteiger partial charge in [0.05, 0.1) is 0 Å². The number of nitrogens with zero attached hydrogens (tertiary/aromatic N) is 2. The first-order valence-electron chi connectivity index (χ1n) is 5.53. The molecule has 2 rings (SSSR count). The zero-order valence-electron chi connectivity index (χ0n) is 10.2. The highest BCUT2D eigenvalue weighted by Gasteiger charge is 2.10. The van der Waals surface area contributed by atoms with Gasteiger partial charge < -0.3 is 15.0 Å². The minimum absolute atomic E-state index is 0.0995. The van der Waals surface area contributed by atoms with Crippen LogP contribution >= 0.6 is 15.9 Å². The van der Waals surface area contributed by atoms with Crippen LogP contribution in [0.5, 0.6) is 5.75 Å². The first-order valence-corrected chi connectivity index (χ1v) is 6.32. The molecule has 0 aliphatic heterocycles. The Morgan fingerprint density at radius 3 is 2.89 bits per heavy atom. The molecule has 0 aliphatic carbocycles. The Balaban J connectivity index is 2.15. The first-order chi connectivity index (χ1) is 8.56. The fraction of sp³-hybridized carbons (Fsp3) is 0.333. The van der Waals surface area contributed by atoms with Crippen molar-refractivity contribution in [3.8, 4) is 5.75 Å². The maximum atomic E-state index is 5.89. The molecule has 1 aromatic heterocycles. The smallest absolute Gasteiger partial charge is 0.264 e. The summed E-state index contributed by atoms with van der Waals surface area (Å²) in [5, 5.41) is 3.70. The van der Waals surface area contributed by atoms with Crippen LogP contribution in [0, 0.1) is 6.92 Å². The van der Waals surface area contributed by atoms with Gasteiger partial charge in [-0.05, 0) is 26.0 Å². The summed E-state index contributed by atoms with van der Waals surface area (Å²) in [6, 6.07) is 5.64. The second-order valence-corrected chi connectivity index (χ2v) is 4.91. The van der Waals surface area contributed by atoms with Crippen molar-refractivity contribution in [1.82, 2.24) is 10.1 Å². The predicted molar refractivity (Wildman–Crippen MR) is 70.1 cm³/mol. The van der Waals surface area contributed by atoms with E-state index >= 15 is 0 Å². The lowest BCUT2D eigenvalue weighted by Crippen LogP contribution is -2.08. The van der Waals surface area contributed by atoms with E-state index in [0.717, 1.165) is 15.8 Å². The molecule has 0 saturated carbocycles. The van der Waals surface area contributed by atoms with Gasteiger partial charge in [0.15, 0.2) is 12.4 Å². The Hall–Kier alpha value is -1.40. The average Bonchev–Trinajstić information content (AvgIpc) is 2.72. The van der Waals surface area contributed by atoms with Gasteiger partial charge >= 0.3 is 0 Å². The van der Waals surface area contributed by atoms with Gasteiger partial charge in [-0.25, -0.2) is 0 Å². The van der Waals surface area contributed by atoms with Crippen LogP contribution in [-0.2, 0) is 6.61 Å². The van der Waals surface area contributed by atoms with Gasteiger partial charge in [-0.1, -0.05) is 27.2 Å². The quantitative estimate of drug-likeness (QED) is 0.939. The van der Waals surface area contributed by atoms with Gasteiger partial charge in [0.25, 0.3) is 5.89 Å². The molecule has 0 bridgehead atoms.